The van der Waals surface area contributed by atoms with Gasteiger partial charge in [0.25, 0.3) is 0 Å². The fourth-order valence-electron chi connectivity index (χ4n) is 3.93. The molecule has 0 heterocycles. The van der Waals surface area contributed by atoms with Crippen LogP contribution in [0.5, 0.6) is 0 Å². The molecule has 0 unspecified atom stereocenters. The Morgan fingerprint density at radius 3 is 2.48 bits per heavy atom. The zero-order valence-electron chi connectivity index (χ0n) is 16.0. The zero-order chi connectivity index (χ0) is 17.7. The van der Waals surface area contributed by atoms with Crippen molar-refractivity contribution in [2.75, 3.05) is 0 Å². The van der Waals surface area contributed by atoms with Gasteiger partial charge in [-0.15, -0.1) is 0 Å². The van der Waals surface area contributed by atoms with E-state index in [-0.39, 0.29) is 5.41 Å². The molecule has 2 aliphatic rings. The summed E-state index contributed by atoms with van der Waals surface area (Å²) in [6, 6.07) is 11.2. The third-order valence-corrected chi connectivity index (χ3v) is 5.31. The van der Waals surface area contributed by atoms with Crippen LogP contribution in [0.4, 0.5) is 0 Å². The summed E-state index contributed by atoms with van der Waals surface area (Å²) < 4.78 is 0. The number of hydrogen-bond donors (Lipinski definition) is 1. The summed E-state index contributed by atoms with van der Waals surface area (Å²) in [6.07, 6.45) is 13.1. The Balaban J connectivity index is 1.82. The second-order valence-electron chi connectivity index (χ2n) is 8.44. The maximum absolute atomic E-state index is 4.90. The molecule has 0 aliphatic heterocycles. The van der Waals surface area contributed by atoms with Gasteiger partial charge in [0.15, 0.2) is 0 Å². The van der Waals surface area contributed by atoms with Gasteiger partial charge in [0.1, 0.15) is 0 Å². The summed E-state index contributed by atoms with van der Waals surface area (Å²) in [7, 11) is 0. The lowest BCUT2D eigenvalue weighted by atomic mass is 9.83. The van der Waals surface area contributed by atoms with E-state index in [1.165, 1.54) is 54.5 Å². The van der Waals surface area contributed by atoms with Crippen molar-refractivity contribution in [1.82, 2.24) is 5.43 Å². The van der Waals surface area contributed by atoms with Gasteiger partial charge in [0.05, 0.1) is 5.71 Å². The summed E-state index contributed by atoms with van der Waals surface area (Å²) in [5.41, 5.74) is 9.09. The first-order chi connectivity index (χ1) is 12.0. The van der Waals surface area contributed by atoms with Gasteiger partial charge >= 0.3 is 0 Å². The van der Waals surface area contributed by atoms with Crippen LogP contribution in [0.3, 0.4) is 0 Å². The molecule has 2 heteroatoms. The molecule has 0 spiro atoms. The standard InChI is InChI=1S/C23H32N2/c1-23(2,3)21-16-10-13-19(21)17-22(18-11-6-4-7-12-18)25-24-20-14-8-5-9-15-20/h4,6-7,10-12,16,20,24H,5,8-9,13-15,17H2,1-3H3. The highest BCUT2D eigenvalue weighted by atomic mass is 15.3. The number of benzene rings is 1. The van der Waals surface area contributed by atoms with E-state index in [2.05, 4.69) is 68.7 Å². The molecule has 1 fully saturated rings. The number of hydrazone groups is 1. The van der Waals surface area contributed by atoms with E-state index in [4.69, 9.17) is 5.10 Å². The van der Waals surface area contributed by atoms with Crippen LogP contribution in [0.1, 0.15) is 71.3 Å². The fourth-order valence-corrected chi connectivity index (χ4v) is 3.93. The number of hydrogen-bond acceptors (Lipinski definition) is 2. The van der Waals surface area contributed by atoms with Gasteiger partial charge in [-0.2, -0.15) is 5.10 Å². The Morgan fingerprint density at radius 2 is 1.80 bits per heavy atom. The summed E-state index contributed by atoms with van der Waals surface area (Å²) >= 11 is 0. The summed E-state index contributed by atoms with van der Waals surface area (Å²) in [6.45, 7) is 6.91. The fraction of sp³-hybridized carbons (Fsp3) is 0.522. The number of allylic oxidation sites excluding steroid dienone is 4. The van der Waals surface area contributed by atoms with E-state index in [9.17, 15) is 0 Å². The molecule has 25 heavy (non-hydrogen) atoms. The smallest absolute Gasteiger partial charge is 0.0715 e. The van der Waals surface area contributed by atoms with Crippen molar-refractivity contribution in [2.45, 2.75) is 71.8 Å². The lowest BCUT2D eigenvalue weighted by Gasteiger charge is -2.23. The van der Waals surface area contributed by atoms with Crippen molar-refractivity contribution < 1.29 is 0 Å². The molecule has 1 aromatic carbocycles. The predicted octanol–water partition coefficient (Wildman–Crippen LogP) is 6.01. The minimum atomic E-state index is 0.195. The van der Waals surface area contributed by atoms with Gasteiger partial charge < -0.3 is 5.43 Å². The van der Waals surface area contributed by atoms with E-state index in [1.54, 1.807) is 0 Å². The van der Waals surface area contributed by atoms with Crippen LogP contribution >= 0.6 is 0 Å². The van der Waals surface area contributed by atoms with Crippen molar-refractivity contribution in [2.24, 2.45) is 10.5 Å². The van der Waals surface area contributed by atoms with Crippen molar-refractivity contribution in [3.8, 4) is 0 Å². The second kappa shape index (κ2) is 8.03. The van der Waals surface area contributed by atoms with Crippen LogP contribution in [0.2, 0.25) is 0 Å². The maximum Gasteiger partial charge on any atom is 0.0715 e. The normalized spacial score (nSPS) is 19.6. The van der Waals surface area contributed by atoms with E-state index in [0.717, 1.165) is 12.8 Å². The molecule has 3 rings (SSSR count). The topological polar surface area (TPSA) is 24.4 Å². The highest BCUT2D eigenvalue weighted by Gasteiger charge is 2.23. The van der Waals surface area contributed by atoms with E-state index >= 15 is 0 Å². The third kappa shape index (κ3) is 4.84. The molecule has 0 atom stereocenters. The van der Waals surface area contributed by atoms with Crippen LogP contribution < -0.4 is 5.43 Å². The molecular formula is C23H32N2. The third-order valence-electron chi connectivity index (χ3n) is 5.31. The Hall–Kier alpha value is -1.83. The van der Waals surface area contributed by atoms with E-state index < -0.39 is 0 Å². The predicted molar refractivity (Wildman–Crippen MR) is 108 cm³/mol. The zero-order valence-corrected chi connectivity index (χ0v) is 16.0. The van der Waals surface area contributed by atoms with Crippen molar-refractivity contribution in [3.63, 3.8) is 0 Å². The monoisotopic (exact) mass is 336 g/mol. The van der Waals surface area contributed by atoms with Gasteiger partial charge in [-0.05, 0) is 35.8 Å². The highest BCUT2D eigenvalue weighted by Crippen LogP contribution is 2.36. The van der Waals surface area contributed by atoms with Crippen molar-refractivity contribution in [1.29, 1.82) is 0 Å². The Kier molecular flexibility index (Phi) is 5.78. The highest BCUT2D eigenvalue weighted by molar-refractivity contribution is 6.02. The van der Waals surface area contributed by atoms with E-state index in [0.29, 0.717) is 6.04 Å². The van der Waals surface area contributed by atoms with Gasteiger partial charge in [-0.3, -0.25) is 0 Å². The molecular weight excluding hydrogens is 304 g/mol. The van der Waals surface area contributed by atoms with Crippen molar-refractivity contribution >= 4 is 5.71 Å². The first-order valence-corrected chi connectivity index (χ1v) is 9.80. The first-order valence-electron chi connectivity index (χ1n) is 9.80. The molecule has 0 radical (unpaired) electrons. The lowest BCUT2D eigenvalue weighted by Crippen LogP contribution is -2.28. The molecule has 2 nitrogen and oxygen atoms in total. The number of nitrogens with one attached hydrogen (secondary N) is 1. The van der Waals surface area contributed by atoms with Crippen molar-refractivity contribution in [3.05, 3.63) is 59.2 Å². The van der Waals surface area contributed by atoms with Gasteiger partial charge in [-0.25, -0.2) is 0 Å². The minimum Gasteiger partial charge on any atom is -0.307 e. The second-order valence-corrected chi connectivity index (χ2v) is 8.44. The summed E-state index contributed by atoms with van der Waals surface area (Å²) in [5.74, 6) is 0. The molecule has 0 saturated heterocycles. The molecule has 1 aromatic rings. The molecule has 0 aromatic heterocycles. The molecule has 2 aliphatic carbocycles. The minimum absolute atomic E-state index is 0.195. The maximum atomic E-state index is 4.90. The van der Waals surface area contributed by atoms with Crippen LogP contribution in [0.15, 0.2) is 58.7 Å². The Bertz CT molecular complexity index is 653. The van der Waals surface area contributed by atoms with Crippen LogP contribution in [-0.2, 0) is 0 Å². The average Bonchev–Trinajstić information content (AvgIpc) is 3.09. The summed E-state index contributed by atoms with van der Waals surface area (Å²) in [4.78, 5) is 0. The largest absolute Gasteiger partial charge is 0.307 e. The molecule has 0 amide bonds. The van der Waals surface area contributed by atoms with Gasteiger partial charge in [0.2, 0.25) is 0 Å². The molecule has 1 N–H and O–H groups in total. The molecule has 134 valence electrons. The molecule has 1 saturated carbocycles. The van der Waals surface area contributed by atoms with Gasteiger partial charge in [0, 0.05) is 12.5 Å². The SMILES string of the molecule is CC(C)(C)C1=C(CC(=NNC2CCCCC2)c2ccccc2)CC=C1. The van der Waals surface area contributed by atoms with Gasteiger partial charge in [-0.1, -0.05) is 88.1 Å². The number of nitrogens with zero attached hydrogens (tertiary/aromatic N) is 1. The Morgan fingerprint density at radius 1 is 1.08 bits per heavy atom. The molecule has 0 bridgehead atoms. The van der Waals surface area contributed by atoms with Crippen LogP contribution in [0.25, 0.3) is 0 Å². The number of rotatable bonds is 5. The first kappa shape index (κ1) is 18.0. The summed E-state index contributed by atoms with van der Waals surface area (Å²) in [5, 5.41) is 4.90. The lowest BCUT2D eigenvalue weighted by molar-refractivity contribution is 0.380. The van der Waals surface area contributed by atoms with E-state index in [1.807, 2.05) is 0 Å². The van der Waals surface area contributed by atoms with Crippen LogP contribution in [-0.4, -0.2) is 11.8 Å². The average molecular weight is 337 g/mol. The Labute approximate surface area is 153 Å². The van der Waals surface area contributed by atoms with Crippen LogP contribution in [0, 0.1) is 5.41 Å². The quantitative estimate of drug-likeness (QED) is 0.517.